The molecule has 0 aliphatic carbocycles. The molecule has 38 heavy (non-hydrogen) atoms. The number of aromatic amines is 1. The van der Waals surface area contributed by atoms with E-state index in [1.165, 1.54) is 6.33 Å². The van der Waals surface area contributed by atoms with Crippen LogP contribution in [0.4, 0.5) is 0 Å². The fourth-order valence-corrected chi connectivity index (χ4v) is 4.59. The molecule has 1 unspecified atom stereocenters. The molecule has 0 aliphatic rings. The summed E-state index contributed by atoms with van der Waals surface area (Å²) in [7, 11) is -2.66. The maximum atomic E-state index is 13.3. The normalized spacial score (nSPS) is 14.2. The molecular formula is C26H32N5O6P. The Balaban J connectivity index is 1.74. The Labute approximate surface area is 221 Å². The van der Waals surface area contributed by atoms with Crippen LogP contribution in [-0.4, -0.2) is 57.0 Å². The average molecular weight is 542 g/mol. The number of nitrogens with two attached hydrogens (primary N) is 1. The second-order valence-corrected chi connectivity index (χ2v) is 10.3. The average Bonchev–Trinajstić information content (AvgIpc) is 3.36. The van der Waals surface area contributed by atoms with Gasteiger partial charge in [0.1, 0.15) is 6.04 Å². The molecule has 2 amide bonds. The summed E-state index contributed by atoms with van der Waals surface area (Å²) in [5, 5.41) is 16.2. The molecule has 0 aliphatic heterocycles. The number of fused-ring (bicyclic) bond motifs is 1. The number of carboxylic acid groups (broad SMARTS) is 1. The Morgan fingerprint density at radius 3 is 2.55 bits per heavy atom. The Bertz CT molecular complexity index is 1270. The lowest BCUT2D eigenvalue weighted by Gasteiger charge is -2.23. The first-order chi connectivity index (χ1) is 18.1. The van der Waals surface area contributed by atoms with Crippen molar-refractivity contribution in [3.05, 3.63) is 66.2 Å². The van der Waals surface area contributed by atoms with E-state index in [-0.39, 0.29) is 25.2 Å². The van der Waals surface area contributed by atoms with E-state index in [0.29, 0.717) is 11.5 Å². The van der Waals surface area contributed by atoms with E-state index in [2.05, 4.69) is 20.6 Å². The topological polar surface area (TPSA) is 182 Å². The molecule has 6 N–H and O–H groups in total. The van der Waals surface area contributed by atoms with E-state index in [9.17, 15) is 19.3 Å². The Morgan fingerprint density at radius 2 is 1.87 bits per heavy atom. The molecule has 0 bridgehead atoms. The molecule has 202 valence electrons. The Kier molecular flexibility index (Phi) is 10.5. The van der Waals surface area contributed by atoms with Gasteiger partial charge in [0.2, 0.25) is 25.6 Å². The summed E-state index contributed by atoms with van der Waals surface area (Å²) < 4.78 is 5.28. The minimum atomic E-state index is -2.66. The molecule has 3 aromatic rings. The van der Waals surface area contributed by atoms with Gasteiger partial charge < -0.3 is 31.4 Å². The minimum absolute atomic E-state index is 0.0297. The van der Waals surface area contributed by atoms with Gasteiger partial charge in [0.05, 0.1) is 18.1 Å². The van der Waals surface area contributed by atoms with Crippen LogP contribution < -0.4 is 21.3 Å². The van der Waals surface area contributed by atoms with Crippen LogP contribution in [0.5, 0.6) is 0 Å². The van der Waals surface area contributed by atoms with Crippen molar-refractivity contribution in [2.45, 2.75) is 51.4 Å². The first-order valence-electron chi connectivity index (χ1n) is 12.1. The molecule has 4 atom stereocenters. The van der Waals surface area contributed by atoms with E-state index in [0.717, 1.165) is 16.3 Å². The quantitative estimate of drug-likeness (QED) is 0.158. The van der Waals surface area contributed by atoms with Crippen LogP contribution in [0.15, 0.2) is 55.0 Å². The maximum absolute atomic E-state index is 13.3. The highest BCUT2D eigenvalue weighted by molar-refractivity contribution is 7.47. The largest absolute Gasteiger partial charge is 0.603 e. The standard InChI is InChI=1S/C26H32N5O6P/c1-16(2)10-23(37-38(36)14-24(32)33)31-26(35)22(12-19-13-28-15-29-19)30-25(34)21(27)11-18-8-5-7-17-6-3-4-9-20(17)18/h3-9,13-16,21-23H,10-12,27H2,1-2H3,(H,28,29)(H,30,34)(H,31,35)(H,32,33)/t21-,22+,23+/m1/s1. The number of carbonyl (C=O) groups is 3. The van der Waals surface area contributed by atoms with Gasteiger partial charge in [0.15, 0.2) is 6.23 Å². The van der Waals surface area contributed by atoms with E-state index in [1.54, 1.807) is 6.20 Å². The van der Waals surface area contributed by atoms with Crippen LogP contribution in [0.2, 0.25) is 0 Å². The lowest BCUT2D eigenvalue weighted by atomic mass is 9.98. The van der Waals surface area contributed by atoms with Gasteiger partial charge in [0.25, 0.3) is 0 Å². The van der Waals surface area contributed by atoms with Crippen LogP contribution in [0.25, 0.3) is 10.8 Å². The van der Waals surface area contributed by atoms with E-state index < -0.39 is 44.1 Å². The summed E-state index contributed by atoms with van der Waals surface area (Å²) in [6.45, 7) is 3.73. The number of rotatable bonds is 13. The number of carboxylic acids is 1. The number of imidazole rings is 1. The van der Waals surface area contributed by atoms with Crippen molar-refractivity contribution in [3.63, 3.8) is 0 Å². The highest BCUT2D eigenvalue weighted by Gasteiger charge is 2.29. The van der Waals surface area contributed by atoms with Gasteiger partial charge in [0, 0.05) is 12.6 Å². The Hall–Kier alpha value is -3.63. The fourth-order valence-electron chi connectivity index (χ4n) is 3.96. The summed E-state index contributed by atoms with van der Waals surface area (Å²) in [6, 6.07) is 11.6. The first-order valence-corrected chi connectivity index (χ1v) is 13.4. The predicted molar refractivity (Wildman–Crippen MR) is 143 cm³/mol. The van der Waals surface area contributed by atoms with Crippen molar-refractivity contribution in [1.82, 2.24) is 20.6 Å². The number of hydrogen-bond donors (Lipinski definition) is 5. The van der Waals surface area contributed by atoms with E-state index in [1.807, 2.05) is 56.3 Å². The highest BCUT2D eigenvalue weighted by Crippen LogP contribution is 2.20. The second-order valence-electron chi connectivity index (χ2n) is 9.26. The highest BCUT2D eigenvalue weighted by atomic mass is 31.1. The third kappa shape index (κ3) is 8.74. The van der Waals surface area contributed by atoms with Crippen molar-refractivity contribution < 1.29 is 28.9 Å². The number of nitrogens with zero attached hydrogens (tertiary/aromatic N) is 1. The monoisotopic (exact) mass is 541 g/mol. The number of amides is 2. The molecule has 1 aromatic heterocycles. The third-order valence-electron chi connectivity index (χ3n) is 5.69. The smallest absolute Gasteiger partial charge is 0.373 e. The lowest BCUT2D eigenvalue weighted by molar-refractivity contribution is -0.177. The van der Waals surface area contributed by atoms with Crippen LogP contribution in [-0.2, 0) is 31.7 Å². The van der Waals surface area contributed by atoms with Gasteiger partial charge >= 0.3 is 5.97 Å². The molecule has 12 heteroatoms. The van der Waals surface area contributed by atoms with Crippen molar-refractivity contribution in [2.75, 3.05) is 0 Å². The van der Waals surface area contributed by atoms with Crippen LogP contribution in [0, 0.1) is 5.92 Å². The molecule has 1 heterocycles. The van der Waals surface area contributed by atoms with Gasteiger partial charge in [-0.1, -0.05) is 56.3 Å². The molecule has 0 fully saturated rings. The summed E-state index contributed by atoms with van der Waals surface area (Å²) >= 11 is 0. The van der Waals surface area contributed by atoms with E-state index >= 15 is 0 Å². The molecule has 3 rings (SSSR count). The SMILES string of the molecule is CC(C)C[C@@H](NC(=O)[C@H](Cc1c[nH]cn1)NC(=O)[C@H](N)Cc1cccc2ccccc12)O/[P+]([O-])=C/C(=O)O. The number of aromatic nitrogens is 2. The zero-order valence-corrected chi connectivity index (χ0v) is 22.1. The van der Waals surface area contributed by atoms with Gasteiger partial charge in [-0.15, -0.1) is 0 Å². The molecule has 0 spiro atoms. The summed E-state index contributed by atoms with van der Waals surface area (Å²) in [5.41, 5.74) is 7.69. The number of aliphatic carboxylic acids is 1. The zero-order valence-electron chi connectivity index (χ0n) is 21.2. The maximum Gasteiger partial charge on any atom is 0.373 e. The van der Waals surface area contributed by atoms with Crippen LogP contribution in [0.1, 0.15) is 31.5 Å². The van der Waals surface area contributed by atoms with Crippen LogP contribution in [0.3, 0.4) is 0 Å². The number of H-pyrrole nitrogens is 1. The summed E-state index contributed by atoms with van der Waals surface area (Å²) in [5.74, 6) is -1.99. The molecule has 11 nitrogen and oxygen atoms in total. The van der Waals surface area contributed by atoms with Crippen molar-refractivity contribution in [2.24, 2.45) is 11.7 Å². The fraction of sp³-hybridized carbons (Fsp3) is 0.346. The molecular weight excluding hydrogens is 509 g/mol. The minimum Gasteiger partial charge on any atom is -0.603 e. The lowest BCUT2D eigenvalue weighted by Crippen LogP contribution is -2.54. The summed E-state index contributed by atoms with van der Waals surface area (Å²) in [6.07, 6.45) is 2.60. The predicted octanol–water partition coefficient (Wildman–Crippen LogP) is 1.22. The van der Waals surface area contributed by atoms with Crippen molar-refractivity contribution >= 4 is 42.4 Å². The number of benzene rings is 2. The van der Waals surface area contributed by atoms with E-state index in [4.69, 9.17) is 15.4 Å². The summed E-state index contributed by atoms with van der Waals surface area (Å²) in [4.78, 5) is 56.1. The van der Waals surface area contributed by atoms with Gasteiger partial charge in [-0.2, -0.15) is 4.52 Å². The molecule has 2 aromatic carbocycles. The van der Waals surface area contributed by atoms with Gasteiger partial charge in [-0.05, 0) is 35.1 Å². The number of nitrogens with one attached hydrogen (secondary N) is 3. The second kappa shape index (κ2) is 13.8. The number of hydrogen-bond acceptors (Lipinski definition) is 7. The number of carbonyl (C=O) groups excluding carboxylic acids is 2. The molecule has 0 radical (unpaired) electrons. The third-order valence-corrected chi connectivity index (χ3v) is 6.59. The molecule has 0 saturated heterocycles. The van der Waals surface area contributed by atoms with Crippen molar-refractivity contribution in [3.8, 4) is 0 Å². The first kappa shape index (κ1) is 28.9. The van der Waals surface area contributed by atoms with Gasteiger partial charge in [-0.3, -0.25) is 9.59 Å². The van der Waals surface area contributed by atoms with Crippen molar-refractivity contribution in [1.29, 1.82) is 0 Å². The van der Waals surface area contributed by atoms with Crippen LogP contribution >= 0.6 is 8.00 Å². The zero-order chi connectivity index (χ0) is 27.7. The Morgan fingerprint density at radius 1 is 1.13 bits per heavy atom. The van der Waals surface area contributed by atoms with Gasteiger partial charge in [-0.25, -0.2) is 9.78 Å². The molecule has 0 saturated carbocycles.